The minimum atomic E-state index is -4.31. The van der Waals surface area contributed by atoms with Gasteiger partial charge in [0.25, 0.3) is 0 Å². The van der Waals surface area contributed by atoms with Crippen molar-refractivity contribution in [2.24, 2.45) is 10.9 Å². The molecule has 1 aliphatic heterocycles. The normalized spacial score (nSPS) is 20.3. The fourth-order valence-electron chi connectivity index (χ4n) is 4.12. The molecular weight excluding hydrogens is 409 g/mol. The molecule has 6 nitrogen and oxygen atoms in total. The number of hydrogen-bond donors (Lipinski definition) is 2. The van der Waals surface area contributed by atoms with Crippen LogP contribution in [0.5, 0.6) is 0 Å². The van der Waals surface area contributed by atoms with Gasteiger partial charge >= 0.3 is 6.18 Å². The SMILES string of the molecule is CN=C(NCc1ccc(COCC(F)(F)F)cc1)NC1CCN(C(=O)C2CCCC2)C1. The quantitative estimate of drug-likeness (QED) is 0.505. The predicted molar refractivity (Wildman–Crippen MR) is 112 cm³/mol. The van der Waals surface area contributed by atoms with Crippen LogP contribution < -0.4 is 10.6 Å². The van der Waals surface area contributed by atoms with Crippen molar-refractivity contribution in [3.63, 3.8) is 0 Å². The number of carbonyl (C=O) groups is 1. The molecule has 1 saturated carbocycles. The second-order valence-corrected chi connectivity index (χ2v) is 8.25. The second-order valence-electron chi connectivity index (χ2n) is 8.25. The van der Waals surface area contributed by atoms with Gasteiger partial charge < -0.3 is 20.3 Å². The molecular formula is C22H31F3N4O2. The third-order valence-corrected chi connectivity index (χ3v) is 5.79. The number of nitrogens with one attached hydrogen (secondary N) is 2. The molecule has 1 heterocycles. The molecule has 0 radical (unpaired) electrons. The molecule has 1 aliphatic carbocycles. The summed E-state index contributed by atoms with van der Waals surface area (Å²) in [5.74, 6) is 1.17. The van der Waals surface area contributed by atoms with Crippen molar-refractivity contribution >= 4 is 11.9 Å². The lowest BCUT2D eigenvalue weighted by molar-refractivity contribution is -0.176. The smallest absolute Gasteiger partial charge is 0.367 e. The van der Waals surface area contributed by atoms with Crippen LogP contribution in [0.15, 0.2) is 29.3 Å². The largest absolute Gasteiger partial charge is 0.411 e. The van der Waals surface area contributed by atoms with Crippen LogP contribution in [0, 0.1) is 5.92 Å². The van der Waals surface area contributed by atoms with Crippen molar-refractivity contribution in [3.05, 3.63) is 35.4 Å². The van der Waals surface area contributed by atoms with Crippen LogP contribution in [0.4, 0.5) is 13.2 Å². The van der Waals surface area contributed by atoms with E-state index in [4.69, 9.17) is 0 Å². The van der Waals surface area contributed by atoms with Gasteiger partial charge in [-0.1, -0.05) is 37.1 Å². The summed E-state index contributed by atoms with van der Waals surface area (Å²) < 4.78 is 41.1. The maximum atomic E-state index is 12.6. The van der Waals surface area contributed by atoms with Gasteiger partial charge in [0.05, 0.1) is 6.61 Å². The van der Waals surface area contributed by atoms with Crippen molar-refractivity contribution in [2.75, 3.05) is 26.7 Å². The maximum absolute atomic E-state index is 12.6. The van der Waals surface area contributed by atoms with E-state index >= 15 is 0 Å². The molecule has 0 aromatic heterocycles. The van der Waals surface area contributed by atoms with Gasteiger partial charge in [0, 0.05) is 38.6 Å². The summed E-state index contributed by atoms with van der Waals surface area (Å²) in [7, 11) is 1.70. The molecule has 1 aromatic rings. The zero-order valence-electron chi connectivity index (χ0n) is 17.9. The molecule has 0 spiro atoms. The zero-order chi connectivity index (χ0) is 22.3. The molecule has 3 rings (SSSR count). The monoisotopic (exact) mass is 440 g/mol. The van der Waals surface area contributed by atoms with Gasteiger partial charge in [-0.2, -0.15) is 13.2 Å². The lowest BCUT2D eigenvalue weighted by atomic mass is 10.1. The van der Waals surface area contributed by atoms with Gasteiger partial charge in [0.1, 0.15) is 6.61 Å². The number of rotatable bonds is 7. The lowest BCUT2D eigenvalue weighted by Gasteiger charge is -2.21. The summed E-state index contributed by atoms with van der Waals surface area (Å²) in [6.45, 7) is 0.683. The average molecular weight is 441 g/mol. The summed E-state index contributed by atoms with van der Waals surface area (Å²) in [5, 5.41) is 6.63. The van der Waals surface area contributed by atoms with Crippen molar-refractivity contribution in [1.82, 2.24) is 15.5 Å². The highest BCUT2D eigenvalue weighted by atomic mass is 19.4. The third kappa shape index (κ3) is 7.41. The number of hydrogen-bond acceptors (Lipinski definition) is 3. The summed E-state index contributed by atoms with van der Waals surface area (Å²) in [4.78, 5) is 18.8. The molecule has 9 heteroatoms. The fraction of sp³-hybridized carbons (Fsp3) is 0.636. The Hall–Kier alpha value is -2.29. The fourth-order valence-corrected chi connectivity index (χ4v) is 4.12. The number of benzene rings is 1. The molecule has 2 N–H and O–H groups in total. The highest BCUT2D eigenvalue weighted by Gasteiger charge is 2.32. The number of amides is 1. The average Bonchev–Trinajstić information content (AvgIpc) is 3.43. The lowest BCUT2D eigenvalue weighted by Crippen LogP contribution is -2.45. The molecule has 1 aromatic carbocycles. The van der Waals surface area contributed by atoms with E-state index in [0.717, 1.165) is 44.2 Å². The number of likely N-dealkylation sites (tertiary alicyclic amines) is 1. The maximum Gasteiger partial charge on any atom is 0.411 e. The number of ether oxygens (including phenoxy) is 1. The number of guanidine groups is 1. The minimum Gasteiger partial charge on any atom is -0.367 e. The van der Waals surface area contributed by atoms with Gasteiger partial charge in [0.15, 0.2) is 5.96 Å². The molecule has 2 aliphatic rings. The second kappa shape index (κ2) is 10.8. The highest BCUT2D eigenvalue weighted by molar-refractivity contribution is 5.81. The van der Waals surface area contributed by atoms with Crippen LogP contribution in [0.1, 0.15) is 43.2 Å². The Bertz CT molecular complexity index is 746. The van der Waals surface area contributed by atoms with E-state index in [2.05, 4.69) is 20.4 Å². The minimum absolute atomic E-state index is 0.0752. The molecule has 2 fully saturated rings. The van der Waals surface area contributed by atoms with Crippen molar-refractivity contribution < 1.29 is 22.7 Å². The Morgan fingerprint density at radius 1 is 1.16 bits per heavy atom. The Morgan fingerprint density at radius 3 is 2.48 bits per heavy atom. The molecule has 172 valence electrons. The van der Waals surface area contributed by atoms with Crippen LogP contribution in [0.3, 0.4) is 0 Å². The molecule has 1 atom stereocenters. The van der Waals surface area contributed by atoms with E-state index in [0.29, 0.717) is 30.5 Å². The van der Waals surface area contributed by atoms with E-state index in [1.54, 1.807) is 19.2 Å². The first kappa shape index (κ1) is 23.4. The Balaban J connectivity index is 1.40. The number of aliphatic imine (C=N–C) groups is 1. The zero-order valence-corrected chi connectivity index (χ0v) is 17.9. The highest BCUT2D eigenvalue weighted by Crippen LogP contribution is 2.27. The van der Waals surface area contributed by atoms with E-state index < -0.39 is 12.8 Å². The first-order valence-electron chi connectivity index (χ1n) is 10.8. The number of alkyl halides is 3. The number of carbonyl (C=O) groups excluding carboxylic acids is 1. The predicted octanol–water partition coefficient (Wildman–Crippen LogP) is 3.22. The molecule has 31 heavy (non-hydrogen) atoms. The van der Waals surface area contributed by atoms with E-state index in [9.17, 15) is 18.0 Å². The van der Waals surface area contributed by atoms with Gasteiger partial charge in [-0.05, 0) is 30.4 Å². The van der Waals surface area contributed by atoms with Crippen molar-refractivity contribution in [3.8, 4) is 0 Å². The van der Waals surface area contributed by atoms with Gasteiger partial charge in [-0.3, -0.25) is 9.79 Å². The van der Waals surface area contributed by atoms with Crippen LogP contribution >= 0.6 is 0 Å². The third-order valence-electron chi connectivity index (χ3n) is 5.79. The summed E-state index contributed by atoms with van der Waals surface area (Å²) in [6.07, 6.45) is 0.931. The Kier molecular flexibility index (Phi) is 8.17. The van der Waals surface area contributed by atoms with Crippen molar-refractivity contribution in [2.45, 2.75) is 57.5 Å². The number of halogens is 3. The van der Waals surface area contributed by atoms with E-state index in [1.165, 1.54) is 0 Å². The van der Waals surface area contributed by atoms with Gasteiger partial charge in [0.2, 0.25) is 5.91 Å². The molecule has 1 amide bonds. The molecule has 0 bridgehead atoms. The summed E-state index contributed by atoms with van der Waals surface area (Å²) in [5.41, 5.74) is 1.67. The first-order valence-corrected chi connectivity index (χ1v) is 10.8. The van der Waals surface area contributed by atoms with Crippen LogP contribution in [-0.2, 0) is 22.7 Å². The topological polar surface area (TPSA) is 66.0 Å². The molecule has 1 saturated heterocycles. The summed E-state index contributed by atoms with van der Waals surface area (Å²) >= 11 is 0. The van der Waals surface area contributed by atoms with Gasteiger partial charge in [-0.25, -0.2) is 0 Å². The Morgan fingerprint density at radius 2 is 1.84 bits per heavy atom. The van der Waals surface area contributed by atoms with Gasteiger partial charge in [-0.15, -0.1) is 0 Å². The van der Waals surface area contributed by atoms with E-state index in [-0.39, 0.29) is 18.6 Å². The standard InChI is InChI=1S/C22H31F3N4O2/c1-26-21(28-19-10-11-29(13-19)20(30)18-4-2-3-5-18)27-12-16-6-8-17(9-7-16)14-31-15-22(23,24)25/h6-9,18-19H,2-5,10-15H2,1H3,(H2,26,27,28). The summed E-state index contributed by atoms with van der Waals surface area (Å²) in [6, 6.07) is 7.39. The Labute approximate surface area is 181 Å². The van der Waals surface area contributed by atoms with Crippen LogP contribution in [0.25, 0.3) is 0 Å². The number of nitrogens with zero attached hydrogens (tertiary/aromatic N) is 2. The van der Waals surface area contributed by atoms with Crippen molar-refractivity contribution in [1.29, 1.82) is 0 Å². The van der Waals surface area contributed by atoms with Crippen LogP contribution in [-0.4, -0.2) is 55.7 Å². The molecule has 1 unspecified atom stereocenters. The van der Waals surface area contributed by atoms with Crippen LogP contribution in [0.2, 0.25) is 0 Å². The van der Waals surface area contributed by atoms with E-state index in [1.807, 2.05) is 17.0 Å². The first-order chi connectivity index (χ1) is 14.8.